The van der Waals surface area contributed by atoms with Crippen LogP contribution in [0.1, 0.15) is 33.6 Å². The summed E-state index contributed by atoms with van der Waals surface area (Å²) in [4.78, 5) is 11.4. The standard InChI is InChI=1S/C18H27NO2/c1-4-5-6-7-8-9-10-11-12-13-14-15-17(20)19-16-18(2,3)21/h4-9,12-15,21H,10-11,16H2,1-3H3,(H,19,20)/b5-4?,7-6+,9-8?,13-12?,15-14?. The van der Waals surface area contributed by atoms with Crippen molar-refractivity contribution < 1.29 is 9.90 Å². The first-order chi connectivity index (χ1) is 9.95. The van der Waals surface area contributed by atoms with Gasteiger partial charge in [0.2, 0.25) is 5.91 Å². The summed E-state index contributed by atoms with van der Waals surface area (Å²) in [6.45, 7) is 5.53. The van der Waals surface area contributed by atoms with Crippen molar-refractivity contribution in [2.75, 3.05) is 6.54 Å². The molecule has 0 bridgehead atoms. The highest BCUT2D eigenvalue weighted by Crippen LogP contribution is 1.97. The van der Waals surface area contributed by atoms with E-state index in [4.69, 9.17) is 0 Å². The molecule has 0 aliphatic rings. The molecule has 21 heavy (non-hydrogen) atoms. The summed E-state index contributed by atoms with van der Waals surface area (Å²) in [7, 11) is 0. The molecule has 116 valence electrons. The Labute approximate surface area is 128 Å². The Balaban J connectivity index is 3.76. The maximum atomic E-state index is 11.4. The van der Waals surface area contributed by atoms with Crippen molar-refractivity contribution in [3.05, 3.63) is 60.8 Å². The van der Waals surface area contributed by atoms with E-state index in [0.29, 0.717) is 0 Å². The Morgan fingerprint density at radius 2 is 1.57 bits per heavy atom. The Morgan fingerprint density at radius 3 is 2.14 bits per heavy atom. The van der Waals surface area contributed by atoms with Crippen molar-refractivity contribution in [1.29, 1.82) is 0 Å². The molecule has 0 aliphatic heterocycles. The molecule has 3 nitrogen and oxygen atoms in total. The van der Waals surface area contributed by atoms with Gasteiger partial charge < -0.3 is 10.4 Å². The van der Waals surface area contributed by atoms with E-state index in [2.05, 4.69) is 11.4 Å². The zero-order valence-corrected chi connectivity index (χ0v) is 13.3. The van der Waals surface area contributed by atoms with Gasteiger partial charge >= 0.3 is 0 Å². The van der Waals surface area contributed by atoms with Crippen molar-refractivity contribution in [2.45, 2.75) is 39.2 Å². The molecular weight excluding hydrogens is 262 g/mol. The average molecular weight is 289 g/mol. The molecule has 0 aromatic carbocycles. The lowest BCUT2D eigenvalue weighted by molar-refractivity contribution is -0.117. The molecule has 0 aromatic heterocycles. The molecule has 1 amide bonds. The van der Waals surface area contributed by atoms with E-state index in [-0.39, 0.29) is 12.5 Å². The topological polar surface area (TPSA) is 49.3 Å². The predicted molar refractivity (Wildman–Crippen MR) is 89.9 cm³/mol. The Hall–Kier alpha value is -1.87. The van der Waals surface area contributed by atoms with Crippen LogP contribution in [0.2, 0.25) is 0 Å². The molecule has 0 unspecified atom stereocenters. The first-order valence-corrected chi connectivity index (χ1v) is 7.23. The summed E-state index contributed by atoms with van der Waals surface area (Å²) in [6, 6.07) is 0. The van der Waals surface area contributed by atoms with Gasteiger partial charge in [0.15, 0.2) is 0 Å². The summed E-state index contributed by atoms with van der Waals surface area (Å²) in [5.74, 6) is -0.198. The molecule has 0 radical (unpaired) electrons. The van der Waals surface area contributed by atoms with Gasteiger partial charge in [-0.25, -0.2) is 0 Å². The van der Waals surface area contributed by atoms with Crippen molar-refractivity contribution in [3.8, 4) is 0 Å². The number of aliphatic hydroxyl groups is 1. The highest BCUT2D eigenvalue weighted by molar-refractivity contribution is 5.87. The van der Waals surface area contributed by atoms with E-state index < -0.39 is 5.60 Å². The number of hydrogen-bond acceptors (Lipinski definition) is 2. The van der Waals surface area contributed by atoms with E-state index in [0.717, 1.165) is 12.8 Å². The first kappa shape index (κ1) is 19.1. The second-order valence-electron chi connectivity index (χ2n) is 5.23. The largest absolute Gasteiger partial charge is 0.389 e. The van der Waals surface area contributed by atoms with Gasteiger partial charge in [0.25, 0.3) is 0 Å². The fourth-order valence-corrected chi connectivity index (χ4v) is 1.29. The molecule has 0 spiro atoms. The highest BCUT2D eigenvalue weighted by atomic mass is 16.3. The SMILES string of the molecule is CC=C/C=C/C=CCCC=CC=CC(=O)NCC(C)(C)O. The minimum atomic E-state index is -0.882. The van der Waals surface area contributed by atoms with Crippen molar-refractivity contribution in [1.82, 2.24) is 5.32 Å². The summed E-state index contributed by atoms with van der Waals surface area (Å²) < 4.78 is 0. The van der Waals surface area contributed by atoms with E-state index in [1.165, 1.54) is 6.08 Å². The van der Waals surface area contributed by atoms with Crippen LogP contribution in [0, 0.1) is 0 Å². The summed E-state index contributed by atoms with van der Waals surface area (Å²) in [5, 5.41) is 12.1. The molecule has 2 N–H and O–H groups in total. The van der Waals surface area contributed by atoms with Gasteiger partial charge in [0.1, 0.15) is 0 Å². The molecule has 0 aliphatic carbocycles. The van der Waals surface area contributed by atoms with Gasteiger partial charge in [-0.3, -0.25) is 4.79 Å². The average Bonchev–Trinajstić information content (AvgIpc) is 2.42. The highest BCUT2D eigenvalue weighted by Gasteiger charge is 2.12. The first-order valence-electron chi connectivity index (χ1n) is 7.23. The van der Waals surface area contributed by atoms with E-state index in [1.807, 2.05) is 49.5 Å². The number of hydrogen-bond donors (Lipinski definition) is 2. The van der Waals surface area contributed by atoms with Gasteiger partial charge in [0.05, 0.1) is 5.60 Å². The maximum absolute atomic E-state index is 11.4. The Morgan fingerprint density at radius 1 is 1.00 bits per heavy atom. The van der Waals surface area contributed by atoms with Crippen LogP contribution >= 0.6 is 0 Å². The third-order valence-electron chi connectivity index (χ3n) is 2.35. The van der Waals surface area contributed by atoms with Gasteiger partial charge in [-0.05, 0) is 33.6 Å². The third-order valence-corrected chi connectivity index (χ3v) is 2.35. The molecule has 0 heterocycles. The van der Waals surface area contributed by atoms with Gasteiger partial charge in [-0.2, -0.15) is 0 Å². The van der Waals surface area contributed by atoms with Gasteiger partial charge in [-0.1, -0.05) is 54.7 Å². The lowest BCUT2D eigenvalue weighted by atomic mass is 10.1. The quantitative estimate of drug-likeness (QED) is 0.388. The normalized spacial score (nSPS) is 13.5. The number of carbonyl (C=O) groups is 1. The fraction of sp³-hybridized carbons (Fsp3) is 0.389. The minimum absolute atomic E-state index is 0.198. The molecule has 0 rings (SSSR count). The Bertz CT molecular complexity index is 421. The van der Waals surface area contributed by atoms with Crippen LogP contribution in [0.5, 0.6) is 0 Å². The number of unbranched alkanes of at least 4 members (excludes halogenated alkanes) is 1. The van der Waals surface area contributed by atoms with Gasteiger partial charge in [-0.15, -0.1) is 0 Å². The number of rotatable bonds is 9. The molecule has 0 atom stereocenters. The van der Waals surface area contributed by atoms with E-state index >= 15 is 0 Å². The Kier molecular flexibility index (Phi) is 10.9. The fourth-order valence-electron chi connectivity index (χ4n) is 1.29. The van der Waals surface area contributed by atoms with Gasteiger partial charge in [0, 0.05) is 12.6 Å². The molecule has 0 fully saturated rings. The van der Waals surface area contributed by atoms with Crippen LogP contribution < -0.4 is 5.32 Å². The lowest BCUT2D eigenvalue weighted by Crippen LogP contribution is -2.37. The van der Waals surface area contributed by atoms with Crippen LogP contribution in [-0.2, 0) is 4.79 Å². The maximum Gasteiger partial charge on any atom is 0.244 e. The van der Waals surface area contributed by atoms with Crippen molar-refractivity contribution in [3.63, 3.8) is 0 Å². The molecule has 3 heteroatoms. The second-order valence-corrected chi connectivity index (χ2v) is 5.23. The van der Waals surface area contributed by atoms with Crippen LogP contribution in [-0.4, -0.2) is 23.2 Å². The van der Waals surface area contributed by atoms with E-state index in [1.54, 1.807) is 19.9 Å². The smallest absolute Gasteiger partial charge is 0.244 e. The predicted octanol–water partition coefficient (Wildman–Crippen LogP) is 3.45. The zero-order valence-electron chi connectivity index (χ0n) is 13.3. The third kappa shape index (κ3) is 16.1. The molecule has 0 saturated heterocycles. The van der Waals surface area contributed by atoms with Crippen LogP contribution in [0.25, 0.3) is 0 Å². The summed E-state index contributed by atoms with van der Waals surface area (Å²) >= 11 is 0. The number of nitrogens with one attached hydrogen (secondary N) is 1. The van der Waals surface area contributed by atoms with Crippen molar-refractivity contribution in [2.24, 2.45) is 0 Å². The lowest BCUT2D eigenvalue weighted by Gasteiger charge is -2.16. The zero-order chi connectivity index (χ0) is 16.0. The monoisotopic (exact) mass is 289 g/mol. The number of carbonyl (C=O) groups excluding carboxylic acids is 1. The van der Waals surface area contributed by atoms with Crippen LogP contribution in [0.3, 0.4) is 0 Å². The minimum Gasteiger partial charge on any atom is -0.389 e. The molecule has 0 saturated carbocycles. The number of allylic oxidation sites excluding steroid dienone is 9. The molecular formula is C18H27NO2. The summed E-state index contributed by atoms with van der Waals surface area (Å²) in [5.41, 5.74) is -0.882. The van der Waals surface area contributed by atoms with Crippen LogP contribution in [0.15, 0.2) is 60.8 Å². The number of amides is 1. The van der Waals surface area contributed by atoms with E-state index in [9.17, 15) is 9.90 Å². The van der Waals surface area contributed by atoms with Crippen LogP contribution in [0.4, 0.5) is 0 Å². The second kappa shape index (κ2) is 11.9. The summed E-state index contributed by atoms with van der Waals surface area (Å²) in [6.07, 6.45) is 21.0. The van der Waals surface area contributed by atoms with Crippen molar-refractivity contribution >= 4 is 5.91 Å². The molecule has 0 aromatic rings.